The first-order valence-corrected chi connectivity index (χ1v) is 6.08. The Morgan fingerprint density at radius 3 is 0.875 bits per heavy atom. The number of ether oxygens (including phenoxy) is 4. The van der Waals surface area contributed by atoms with Crippen LogP contribution in [0.1, 0.15) is 41.5 Å². The van der Waals surface area contributed by atoms with Crippen molar-refractivity contribution in [3.05, 3.63) is 0 Å². The van der Waals surface area contributed by atoms with Gasteiger partial charge >= 0.3 is 0 Å². The summed E-state index contributed by atoms with van der Waals surface area (Å²) in [4.78, 5) is 0. The fourth-order valence-electron chi connectivity index (χ4n) is 1.04. The van der Waals surface area contributed by atoms with E-state index in [1.54, 1.807) is 0 Å². The van der Waals surface area contributed by atoms with Gasteiger partial charge in [0.25, 0.3) is 0 Å². The molecule has 0 aliphatic heterocycles. The molecule has 0 saturated heterocycles. The van der Waals surface area contributed by atoms with Gasteiger partial charge in [-0.25, -0.2) is 0 Å². The molecular formula is C12H28O4. The van der Waals surface area contributed by atoms with Gasteiger partial charge in [0.05, 0.1) is 0 Å². The number of hydrogen-bond acceptors (Lipinski definition) is 4. The quantitative estimate of drug-likeness (QED) is 0.607. The monoisotopic (exact) mass is 236 g/mol. The lowest BCUT2D eigenvalue weighted by atomic mass is 10.7. The summed E-state index contributed by atoms with van der Waals surface area (Å²) < 4.78 is 20.2. The van der Waals surface area contributed by atoms with E-state index >= 15 is 0 Å². The summed E-state index contributed by atoms with van der Waals surface area (Å²) in [5.41, 5.74) is 0. The van der Waals surface area contributed by atoms with E-state index in [2.05, 4.69) is 0 Å². The van der Waals surface area contributed by atoms with E-state index < -0.39 is 0 Å². The highest BCUT2D eigenvalue weighted by Crippen LogP contribution is 1.91. The molecule has 100 valence electrons. The molecule has 16 heavy (non-hydrogen) atoms. The molecule has 0 atom stereocenters. The zero-order chi connectivity index (χ0) is 12.8. The van der Waals surface area contributed by atoms with E-state index in [1.807, 2.05) is 41.5 Å². The van der Waals surface area contributed by atoms with E-state index in [9.17, 15) is 0 Å². The second-order valence-electron chi connectivity index (χ2n) is 2.96. The second kappa shape index (κ2) is 14.8. The van der Waals surface area contributed by atoms with Crippen LogP contribution in [-0.4, -0.2) is 39.0 Å². The molecule has 0 aliphatic rings. The SMILES string of the molecule is CCOC(C)OCC.CCOC(C)OCC. The third-order valence-corrected chi connectivity index (χ3v) is 1.61. The third kappa shape index (κ3) is 16.3. The Bertz CT molecular complexity index is 93.6. The van der Waals surface area contributed by atoms with Crippen molar-refractivity contribution >= 4 is 0 Å². The van der Waals surface area contributed by atoms with Gasteiger partial charge in [-0.1, -0.05) is 0 Å². The van der Waals surface area contributed by atoms with E-state index in [0.29, 0.717) is 0 Å². The standard InChI is InChI=1S/2C6H14O2/c2*1-4-7-6(3)8-5-2/h2*6H,4-5H2,1-3H3. The molecule has 0 aromatic carbocycles. The highest BCUT2D eigenvalue weighted by Gasteiger charge is 1.95. The average Bonchev–Trinajstić information content (AvgIpc) is 2.20. The normalized spacial score (nSPS) is 10.5. The lowest BCUT2D eigenvalue weighted by Crippen LogP contribution is -2.11. The molecule has 0 heterocycles. The summed E-state index contributed by atoms with van der Waals surface area (Å²) in [6.45, 7) is 14.5. The van der Waals surface area contributed by atoms with Gasteiger partial charge in [-0.15, -0.1) is 0 Å². The Balaban J connectivity index is 0. The fourth-order valence-corrected chi connectivity index (χ4v) is 1.04. The molecule has 0 bridgehead atoms. The summed E-state index contributed by atoms with van der Waals surface area (Å²) in [6, 6.07) is 0. The molecule has 0 spiro atoms. The van der Waals surface area contributed by atoms with Crippen molar-refractivity contribution in [2.24, 2.45) is 0 Å². The molecule has 0 rings (SSSR count). The first-order chi connectivity index (χ1) is 7.62. The van der Waals surface area contributed by atoms with Gasteiger partial charge in [-0.3, -0.25) is 0 Å². The van der Waals surface area contributed by atoms with Gasteiger partial charge in [0, 0.05) is 26.4 Å². The van der Waals surface area contributed by atoms with Crippen molar-refractivity contribution in [3.8, 4) is 0 Å². The summed E-state index contributed by atoms with van der Waals surface area (Å²) in [5, 5.41) is 0. The zero-order valence-corrected chi connectivity index (χ0v) is 11.6. The molecule has 0 saturated carbocycles. The van der Waals surface area contributed by atoms with E-state index in [-0.39, 0.29) is 12.6 Å². The second-order valence-corrected chi connectivity index (χ2v) is 2.96. The van der Waals surface area contributed by atoms with Crippen molar-refractivity contribution in [1.82, 2.24) is 0 Å². The molecule has 0 radical (unpaired) electrons. The molecule has 0 unspecified atom stereocenters. The smallest absolute Gasteiger partial charge is 0.154 e. The number of rotatable bonds is 8. The maximum absolute atomic E-state index is 5.06. The molecular weight excluding hydrogens is 208 g/mol. The maximum atomic E-state index is 5.06. The molecule has 0 aliphatic carbocycles. The van der Waals surface area contributed by atoms with Crippen LogP contribution in [0.25, 0.3) is 0 Å². The van der Waals surface area contributed by atoms with E-state index in [1.165, 1.54) is 0 Å². The van der Waals surface area contributed by atoms with Crippen LogP contribution < -0.4 is 0 Å². The molecule has 0 aromatic rings. The van der Waals surface area contributed by atoms with Crippen molar-refractivity contribution < 1.29 is 18.9 Å². The van der Waals surface area contributed by atoms with Crippen LogP contribution in [-0.2, 0) is 18.9 Å². The van der Waals surface area contributed by atoms with E-state index in [4.69, 9.17) is 18.9 Å². The van der Waals surface area contributed by atoms with Gasteiger partial charge in [0.15, 0.2) is 12.6 Å². The molecule has 4 nitrogen and oxygen atoms in total. The lowest BCUT2D eigenvalue weighted by molar-refractivity contribution is -0.123. The Morgan fingerprint density at radius 1 is 0.562 bits per heavy atom. The van der Waals surface area contributed by atoms with Gasteiger partial charge in [0.2, 0.25) is 0 Å². The Kier molecular flexibility index (Phi) is 16.9. The third-order valence-electron chi connectivity index (χ3n) is 1.61. The first kappa shape index (κ1) is 18.2. The minimum absolute atomic E-state index is 0.0370. The van der Waals surface area contributed by atoms with Gasteiger partial charge < -0.3 is 18.9 Å². The van der Waals surface area contributed by atoms with Gasteiger partial charge in [-0.05, 0) is 41.5 Å². The zero-order valence-electron chi connectivity index (χ0n) is 11.6. The molecule has 4 heteroatoms. The topological polar surface area (TPSA) is 36.9 Å². The maximum Gasteiger partial charge on any atom is 0.154 e. The van der Waals surface area contributed by atoms with Crippen LogP contribution in [0.4, 0.5) is 0 Å². The summed E-state index contributed by atoms with van der Waals surface area (Å²) in [6.07, 6.45) is -0.0741. The Hall–Kier alpha value is -0.160. The molecule has 0 aromatic heterocycles. The summed E-state index contributed by atoms with van der Waals surface area (Å²) >= 11 is 0. The molecule has 0 fully saturated rings. The van der Waals surface area contributed by atoms with Crippen LogP contribution in [0.15, 0.2) is 0 Å². The van der Waals surface area contributed by atoms with Crippen LogP contribution in [0.5, 0.6) is 0 Å². The molecule has 0 N–H and O–H groups in total. The predicted octanol–water partition coefficient (Wildman–Crippen LogP) is 2.81. The average molecular weight is 236 g/mol. The van der Waals surface area contributed by atoms with E-state index in [0.717, 1.165) is 26.4 Å². The lowest BCUT2D eigenvalue weighted by Gasteiger charge is -2.09. The Labute approximate surface area is 100 Å². The van der Waals surface area contributed by atoms with Crippen LogP contribution in [0, 0.1) is 0 Å². The minimum Gasteiger partial charge on any atom is -0.353 e. The van der Waals surface area contributed by atoms with Crippen molar-refractivity contribution in [2.75, 3.05) is 26.4 Å². The van der Waals surface area contributed by atoms with Gasteiger partial charge in [-0.2, -0.15) is 0 Å². The van der Waals surface area contributed by atoms with Crippen LogP contribution in [0.3, 0.4) is 0 Å². The predicted molar refractivity (Wildman–Crippen MR) is 65.4 cm³/mol. The number of hydrogen-bond donors (Lipinski definition) is 0. The summed E-state index contributed by atoms with van der Waals surface area (Å²) in [7, 11) is 0. The van der Waals surface area contributed by atoms with Crippen molar-refractivity contribution in [1.29, 1.82) is 0 Å². The van der Waals surface area contributed by atoms with Gasteiger partial charge in [0.1, 0.15) is 0 Å². The first-order valence-electron chi connectivity index (χ1n) is 6.08. The Morgan fingerprint density at radius 2 is 0.750 bits per heavy atom. The highest BCUT2D eigenvalue weighted by atomic mass is 16.7. The largest absolute Gasteiger partial charge is 0.353 e. The fraction of sp³-hybridized carbons (Fsp3) is 1.00. The molecule has 0 amide bonds. The minimum atomic E-state index is -0.0370. The van der Waals surface area contributed by atoms with Crippen molar-refractivity contribution in [2.45, 2.75) is 54.1 Å². The van der Waals surface area contributed by atoms with Crippen molar-refractivity contribution in [3.63, 3.8) is 0 Å². The highest BCUT2D eigenvalue weighted by molar-refractivity contribution is 4.27. The van der Waals surface area contributed by atoms with Crippen LogP contribution >= 0.6 is 0 Å². The van der Waals surface area contributed by atoms with Crippen LogP contribution in [0.2, 0.25) is 0 Å². The summed E-state index contributed by atoms with van der Waals surface area (Å²) in [5.74, 6) is 0.